The standard InChI is InChI=1S/C11H20N4O/c1-4-9-13-10(5-11(16)14-9)15(3)7-8(2)6-12/h5,8H,4,6-7,12H2,1-3H3,(H,13,14,16). The van der Waals surface area contributed by atoms with E-state index in [-0.39, 0.29) is 5.56 Å². The number of H-pyrrole nitrogens is 1. The van der Waals surface area contributed by atoms with E-state index in [0.29, 0.717) is 18.3 Å². The van der Waals surface area contributed by atoms with Crippen LogP contribution in [0, 0.1) is 5.92 Å². The molecule has 5 nitrogen and oxygen atoms in total. The first-order valence-corrected chi connectivity index (χ1v) is 5.58. The molecular formula is C11H20N4O. The average Bonchev–Trinajstić information content (AvgIpc) is 2.27. The van der Waals surface area contributed by atoms with E-state index in [1.54, 1.807) is 0 Å². The lowest BCUT2D eigenvalue weighted by Gasteiger charge is -2.21. The Labute approximate surface area is 95.7 Å². The van der Waals surface area contributed by atoms with Crippen LogP contribution in [-0.2, 0) is 6.42 Å². The molecule has 1 rings (SSSR count). The number of aromatic amines is 1. The molecule has 0 saturated carbocycles. The number of rotatable bonds is 5. The molecular weight excluding hydrogens is 204 g/mol. The predicted octanol–water partition coefficient (Wildman–Crippen LogP) is 0.363. The van der Waals surface area contributed by atoms with Crippen molar-refractivity contribution < 1.29 is 0 Å². The van der Waals surface area contributed by atoms with Crippen LogP contribution < -0.4 is 16.2 Å². The third kappa shape index (κ3) is 3.34. The van der Waals surface area contributed by atoms with Gasteiger partial charge in [0.2, 0.25) is 0 Å². The van der Waals surface area contributed by atoms with Crippen LogP contribution in [0.3, 0.4) is 0 Å². The molecule has 0 aliphatic carbocycles. The van der Waals surface area contributed by atoms with E-state index in [4.69, 9.17) is 5.73 Å². The molecule has 5 heteroatoms. The van der Waals surface area contributed by atoms with Crippen LogP contribution in [0.5, 0.6) is 0 Å². The Hall–Kier alpha value is -1.36. The van der Waals surface area contributed by atoms with Crippen LogP contribution in [-0.4, -0.2) is 30.1 Å². The maximum absolute atomic E-state index is 11.4. The monoisotopic (exact) mass is 224 g/mol. The molecule has 0 saturated heterocycles. The van der Waals surface area contributed by atoms with Gasteiger partial charge in [-0.25, -0.2) is 4.98 Å². The van der Waals surface area contributed by atoms with E-state index < -0.39 is 0 Å². The molecule has 0 amide bonds. The molecule has 0 spiro atoms. The number of aryl methyl sites for hydroxylation is 1. The molecule has 90 valence electrons. The number of nitrogens with one attached hydrogen (secondary N) is 1. The first kappa shape index (κ1) is 12.7. The van der Waals surface area contributed by atoms with Crippen LogP contribution in [0.2, 0.25) is 0 Å². The highest BCUT2D eigenvalue weighted by Gasteiger charge is 2.08. The number of aromatic nitrogens is 2. The number of hydrogen-bond acceptors (Lipinski definition) is 4. The van der Waals surface area contributed by atoms with E-state index >= 15 is 0 Å². The number of nitrogens with two attached hydrogens (primary N) is 1. The van der Waals surface area contributed by atoms with Crippen molar-refractivity contribution >= 4 is 5.82 Å². The van der Waals surface area contributed by atoms with E-state index in [1.807, 2.05) is 18.9 Å². The van der Waals surface area contributed by atoms with Gasteiger partial charge in [-0.3, -0.25) is 4.79 Å². The second-order valence-electron chi connectivity index (χ2n) is 4.13. The van der Waals surface area contributed by atoms with Crippen LogP contribution in [0.25, 0.3) is 0 Å². The van der Waals surface area contributed by atoms with Crippen LogP contribution >= 0.6 is 0 Å². The Morgan fingerprint density at radius 3 is 2.88 bits per heavy atom. The summed E-state index contributed by atoms with van der Waals surface area (Å²) in [5, 5.41) is 0. The SMILES string of the molecule is CCc1nc(N(C)CC(C)CN)cc(=O)[nH]1. The fourth-order valence-electron chi connectivity index (χ4n) is 1.49. The van der Waals surface area contributed by atoms with E-state index in [9.17, 15) is 4.79 Å². The van der Waals surface area contributed by atoms with E-state index in [1.165, 1.54) is 6.07 Å². The van der Waals surface area contributed by atoms with Crippen molar-refractivity contribution in [2.75, 3.05) is 25.0 Å². The molecule has 1 atom stereocenters. The predicted molar refractivity (Wildman–Crippen MR) is 65.7 cm³/mol. The molecule has 0 aromatic carbocycles. The third-order valence-electron chi connectivity index (χ3n) is 2.49. The van der Waals surface area contributed by atoms with Gasteiger partial charge in [-0.1, -0.05) is 13.8 Å². The first-order valence-electron chi connectivity index (χ1n) is 5.58. The smallest absolute Gasteiger partial charge is 0.252 e. The van der Waals surface area contributed by atoms with Gasteiger partial charge in [-0.2, -0.15) is 0 Å². The Balaban J connectivity index is 2.86. The van der Waals surface area contributed by atoms with Crippen molar-refractivity contribution in [2.45, 2.75) is 20.3 Å². The molecule has 1 unspecified atom stereocenters. The van der Waals surface area contributed by atoms with Gasteiger partial charge < -0.3 is 15.6 Å². The molecule has 1 aromatic rings. The summed E-state index contributed by atoms with van der Waals surface area (Å²) in [4.78, 5) is 20.4. The number of anilines is 1. The van der Waals surface area contributed by atoms with Gasteiger partial charge in [0.1, 0.15) is 11.6 Å². The van der Waals surface area contributed by atoms with Crippen LogP contribution in [0.4, 0.5) is 5.82 Å². The normalized spacial score (nSPS) is 12.5. The van der Waals surface area contributed by atoms with Gasteiger partial charge in [-0.05, 0) is 12.5 Å². The zero-order chi connectivity index (χ0) is 12.1. The zero-order valence-corrected chi connectivity index (χ0v) is 10.2. The fourth-order valence-corrected chi connectivity index (χ4v) is 1.49. The molecule has 0 aliphatic rings. The zero-order valence-electron chi connectivity index (χ0n) is 10.2. The summed E-state index contributed by atoms with van der Waals surface area (Å²) >= 11 is 0. The Morgan fingerprint density at radius 2 is 2.31 bits per heavy atom. The summed E-state index contributed by atoms with van der Waals surface area (Å²) in [6, 6.07) is 1.52. The van der Waals surface area contributed by atoms with E-state index in [0.717, 1.165) is 18.8 Å². The lowest BCUT2D eigenvalue weighted by atomic mass is 10.2. The first-order chi connectivity index (χ1) is 7.56. The average molecular weight is 224 g/mol. The van der Waals surface area contributed by atoms with Gasteiger partial charge >= 0.3 is 0 Å². The summed E-state index contributed by atoms with van der Waals surface area (Å²) < 4.78 is 0. The lowest BCUT2D eigenvalue weighted by molar-refractivity contribution is 0.586. The summed E-state index contributed by atoms with van der Waals surface area (Å²) in [6.45, 7) is 5.47. The van der Waals surface area contributed by atoms with Gasteiger partial charge in [-0.15, -0.1) is 0 Å². The van der Waals surface area contributed by atoms with Gasteiger partial charge in [0.05, 0.1) is 0 Å². The second-order valence-corrected chi connectivity index (χ2v) is 4.13. The quantitative estimate of drug-likeness (QED) is 0.757. The molecule has 3 N–H and O–H groups in total. The van der Waals surface area contributed by atoms with Crippen LogP contribution in [0.1, 0.15) is 19.7 Å². The van der Waals surface area contributed by atoms with Crippen molar-refractivity contribution in [2.24, 2.45) is 11.7 Å². The minimum Gasteiger partial charge on any atom is -0.359 e. The molecule has 1 heterocycles. The molecule has 0 radical (unpaired) electrons. The van der Waals surface area contributed by atoms with Crippen LogP contribution in [0.15, 0.2) is 10.9 Å². The molecule has 0 fully saturated rings. The highest BCUT2D eigenvalue weighted by Crippen LogP contribution is 2.08. The fraction of sp³-hybridized carbons (Fsp3) is 0.636. The summed E-state index contributed by atoms with van der Waals surface area (Å²) in [7, 11) is 1.92. The second kappa shape index (κ2) is 5.65. The number of nitrogens with zero attached hydrogens (tertiary/aromatic N) is 2. The van der Waals surface area contributed by atoms with Crippen molar-refractivity contribution in [3.63, 3.8) is 0 Å². The van der Waals surface area contributed by atoms with E-state index in [2.05, 4.69) is 16.9 Å². The van der Waals surface area contributed by atoms with Crippen molar-refractivity contribution in [1.82, 2.24) is 9.97 Å². The van der Waals surface area contributed by atoms with Crippen molar-refractivity contribution in [1.29, 1.82) is 0 Å². The maximum Gasteiger partial charge on any atom is 0.252 e. The number of hydrogen-bond donors (Lipinski definition) is 2. The van der Waals surface area contributed by atoms with Gasteiger partial charge in [0, 0.05) is 26.1 Å². The molecule has 1 aromatic heterocycles. The Bertz CT molecular complexity index is 388. The molecule has 0 aliphatic heterocycles. The Morgan fingerprint density at radius 1 is 1.62 bits per heavy atom. The van der Waals surface area contributed by atoms with Gasteiger partial charge in [0.15, 0.2) is 0 Å². The largest absolute Gasteiger partial charge is 0.359 e. The third-order valence-corrected chi connectivity index (χ3v) is 2.49. The molecule has 16 heavy (non-hydrogen) atoms. The topological polar surface area (TPSA) is 75.0 Å². The summed E-state index contributed by atoms with van der Waals surface area (Å²) in [5.41, 5.74) is 5.47. The minimum absolute atomic E-state index is 0.103. The van der Waals surface area contributed by atoms with Crippen molar-refractivity contribution in [3.05, 3.63) is 22.2 Å². The highest BCUT2D eigenvalue weighted by atomic mass is 16.1. The summed E-state index contributed by atoms with van der Waals surface area (Å²) in [5.74, 6) is 1.81. The Kier molecular flexibility index (Phi) is 4.49. The summed E-state index contributed by atoms with van der Waals surface area (Å²) in [6.07, 6.45) is 0.726. The van der Waals surface area contributed by atoms with Gasteiger partial charge in [0.25, 0.3) is 5.56 Å². The van der Waals surface area contributed by atoms with Crippen molar-refractivity contribution in [3.8, 4) is 0 Å². The lowest BCUT2D eigenvalue weighted by Crippen LogP contribution is -2.30. The highest BCUT2D eigenvalue weighted by molar-refractivity contribution is 5.36. The maximum atomic E-state index is 11.4. The minimum atomic E-state index is -0.103. The molecule has 0 bridgehead atoms.